The minimum atomic E-state index is -0.725. The fourth-order valence-corrected chi connectivity index (χ4v) is 3.63. The first kappa shape index (κ1) is 13.2. The molecule has 5 heteroatoms. The zero-order valence-corrected chi connectivity index (χ0v) is 11.9. The van der Waals surface area contributed by atoms with Gasteiger partial charge >= 0.3 is 13.1 Å². The number of aliphatic carboxylic acids is 1. The van der Waals surface area contributed by atoms with Crippen LogP contribution in [0, 0.1) is 17.8 Å². The summed E-state index contributed by atoms with van der Waals surface area (Å²) in [7, 11) is -0.411. The molecule has 2 bridgehead atoms. The molecule has 2 unspecified atom stereocenters. The maximum Gasteiger partial charge on any atom is 0.462 e. The van der Waals surface area contributed by atoms with Crippen LogP contribution in [0.15, 0.2) is 12.2 Å². The largest absolute Gasteiger partial charge is 0.481 e. The molecule has 0 radical (unpaired) electrons. The molecule has 0 amide bonds. The van der Waals surface area contributed by atoms with Crippen LogP contribution in [0.3, 0.4) is 0 Å². The van der Waals surface area contributed by atoms with Crippen molar-refractivity contribution in [1.29, 1.82) is 0 Å². The number of carboxylic acid groups (broad SMARTS) is 1. The molecule has 0 aromatic heterocycles. The fourth-order valence-electron chi connectivity index (χ4n) is 3.63. The van der Waals surface area contributed by atoms with Crippen molar-refractivity contribution in [3.8, 4) is 0 Å². The van der Waals surface area contributed by atoms with Crippen molar-refractivity contribution in [2.45, 2.75) is 51.1 Å². The molecule has 0 spiro atoms. The van der Waals surface area contributed by atoms with E-state index >= 15 is 0 Å². The second-order valence-corrected chi connectivity index (χ2v) is 7.01. The van der Waals surface area contributed by atoms with Crippen molar-refractivity contribution in [3.05, 3.63) is 12.2 Å². The first-order valence-electron chi connectivity index (χ1n) is 7.00. The van der Waals surface area contributed by atoms with Gasteiger partial charge in [-0.05, 0) is 46.0 Å². The van der Waals surface area contributed by atoms with Crippen LogP contribution in [0.5, 0.6) is 0 Å². The fraction of sp³-hybridized carbons (Fsp3) is 0.786. The molecule has 3 rings (SSSR count). The minimum Gasteiger partial charge on any atom is -0.481 e. The predicted molar refractivity (Wildman–Crippen MR) is 71.7 cm³/mol. The van der Waals surface area contributed by atoms with Crippen molar-refractivity contribution >= 4 is 13.1 Å². The van der Waals surface area contributed by atoms with Gasteiger partial charge in [0.25, 0.3) is 0 Å². The molecule has 0 aromatic rings. The standard InChI is InChI=1S/C14H21BO4/c1-13(2)14(3,4)19-15(18-13)11-9-6-5-8(7-9)10(11)12(16)17/h5-6,8-11H,7H2,1-4H3,(H,16,17)/t8?,9?,10-,11-/m0/s1. The van der Waals surface area contributed by atoms with Crippen LogP contribution in [-0.4, -0.2) is 29.4 Å². The van der Waals surface area contributed by atoms with Crippen LogP contribution in [0.2, 0.25) is 5.82 Å². The van der Waals surface area contributed by atoms with Gasteiger partial charge in [-0.2, -0.15) is 0 Å². The summed E-state index contributed by atoms with van der Waals surface area (Å²) in [4.78, 5) is 11.5. The topological polar surface area (TPSA) is 55.8 Å². The molecule has 19 heavy (non-hydrogen) atoms. The highest BCUT2D eigenvalue weighted by Crippen LogP contribution is 2.56. The van der Waals surface area contributed by atoms with Gasteiger partial charge in [0.2, 0.25) is 0 Å². The van der Waals surface area contributed by atoms with E-state index in [-0.39, 0.29) is 23.6 Å². The highest BCUT2D eigenvalue weighted by molar-refractivity contribution is 6.48. The Balaban J connectivity index is 1.87. The summed E-state index contributed by atoms with van der Waals surface area (Å²) in [6.07, 6.45) is 5.11. The Labute approximate surface area is 114 Å². The summed E-state index contributed by atoms with van der Waals surface area (Å²) in [6.45, 7) is 8.02. The molecule has 2 fully saturated rings. The molecule has 3 aliphatic rings. The van der Waals surface area contributed by atoms with E-state index in [9.17, 15) is 9.90 Å². The Morgan fingerprint density at radius 3 is 2.21 bits per heavy atom. The van der Waals surface area contributed by atoms with Crippen LogP contribution in [-0.2, 0) is 14.1 Å². The van der Waals surface area contributed by atoms with Gasteiger partial charge in [-0.15, -0.1) is 0 Å². The SMILES string of the molecule is CC1(C)OB([C@H]2C3C=CC(C3)[C@@H]2C(=O)O)OC1(C)C. The zero-order chi connectivity index (χ0) is 14.0. The summed E-state index contributed by atoms with van der Waals surface area (Å²) in [5.74, 6) is -0.734. The predicted octanol–water partition coefficient (Wildman–Crippen LogP) is 2.36. The average Bonchev–Trinajstić information content (AvgIpc) is 2.90. The molecule has 1 N–H and O–H groups in total. The van der Waals surface area contributed by atoms with E-state index in [0.29, 0.717) is 0 Å². The van der Waals surface area contributed by atoms with E-state index in [1.165, 1.54) is 0 Å². The number of fused-ring (bicyclic) bond motifs is 2. The van der Waals surface area contributed by atoms with Crippen LogP contribution >= 0.6 is 0 Å². The molecule has 104 valence electrons. The molecular weight excluding hydrogens is 243 g/mol. The number of carboxylic acids is 1. The Morgan fingerprint density at radius 1 is 1.16 bits per heavy atom. The maximum absolute atomic E-state index is 11.5. The molecule has 1 aliphatic heterocycles. The lowest BCUT2D eigenvalue weighted by Crippen LogP contribution is -2.41. The van der Waals surface area contributed by atoms with Crippen LogP contribution < -0.4 is 0 Å². The highest BCUT2D eigenvalue weighted by atomic mass is 16.7. The normalized spacial score (nSPS) is 42.0. The highest BCUT2D eigenvalue weighted by Gasteiger charge is 2.61. The Morgan fingerprint density at radius 2 is 1.68 bits per heavy atom. The monoisotopic (exact) mass is 264 g/mol. The molecule has 1 heterocycles. The summed E-state index contributed by atoms with van der Waals surface area (Å²) in [5.41, 5.74) is -0.793. The molecule has 4 atom stereocenters. The zero-order valence-electron chi connectivity index (χ0n) is 11.9. The second kappa shape index (κ2) is 3.86. The summed E-state index contributed by atoms with van der Waals surface area (Å²) in [6, 6.07) is 0. The van der Waals surface area contributed by atoms with Crippen LogP contribution in [0.25, 0.3) is 0 Å². The summed E-state index contributed by atoms with van der Waals surface area (Å²) in [5, 5.41) is 9.48. The van der Waals surface area contributed by atoms with E-state index < -0.39 is 24.3 Å². The average molecular weight is 264 g/mol. The lowest BCUT2D eigenvalue weighted by Gasteiger charge is -2.32. The molecular formula is C14H21BO4. The minimum absolute atomic E-state index is 0.0615. The van der Waals surface area contributed by atoms with Crippen molar-refractivity contribution in [2.24, 2.45) is 17.8 Å². The van der Waals surface area contributed by atoms with Gasteiger partial charge in [0, 0.05) is 5.82 Å². The van der Waals surface area contributed by atoms with Crippen molar-refractivity contribution in [3.63, 3.8) is 0 Å². The summed E-state index contributed by atoms with van der Waals surface area (Å²) < 4.78 is 12.1. The van der Waals surface area contributed by atoms with E-state index in [0.717, 1.165) is 6.42 Å². The maximum atomic E-state index is 11.5. The van der Waals surface area contributed by atoms with Crippen LogP contribution in [0.4, 0.5) is 0 Å². The summed E-state index contributed by atoms with van der Waals surface area (Å²) >= 11 is 0. The second-order valence-electron chi connectivity index (χ2n) is 7.01. The molecule has 0 aromatic carbocycles. The number of hydrogen-bond acceptors (Lipinski definition) is 3. The first-order valence-corrected chi connectivity index (χ1v) is 7.00. The Kier molecular flexibility index (Phi) is 2.68. The van der Waals surface area contributed by atoms with E-state index in [1.807, 2.05) is 33.8 Å². The first-order chi connectivity index (χ1) is 8.73. The van der Waals surface area contributed by atoms with Gasteiger partial charge < -0.3 is 14.4 Å². The molecule has 1 saturated carbocycles. The molecule has 1 saturated heterocycles. The third kappa shape index (κ3) is 1.78. The van der Waals surface area contributed by atoms with Gasteiger partial charge in [-0.3, -0.25) is 4.79 Å². The molecule has 2 aliphatic carbocycles. The van der Waals surface area contributed by atoms with E-state index in [1.54, 1.807) is 0 Å². The lowest BCUT2D eigenvalue weighted by molar-refractivity contribution is -0.142. The number of carbonyl (C=O) groups is 1. The van der Waals surface area contributed by atoms with Crippen molar-refractivity contribution in [1.82, 2.24) is 0 Å². The Hall–Kier alpha value is -0.805. The lowest BCUT2D eigenvalue weighted by atomic mass is 9.60. The number of rotatable bonds is 2. The van der Waals surface area contributed by atoms with Gasteiger partial charge in [-0.25, -0.2) is 0 Å². The van der Waals surface area contributed by atoms with Crippen molar-refractivity contribution < 1.29 is 19.2 Å². The van der Waals surface area contributed by atoms with Crippen LogP contribution in [0.1, 0.15) is 34.1 Å². The Bertz CT molecular complexity index is 427. The third-order valence-corrected chi connectivity index (χ3v) is 5.39. The number of hydrogen-bond donors (Lipinski definition) is 1. The quantitative estimate of drug-likeness (QED) is 0.614. The number of allylic oxidation sites excluding steroid dienone is 2. The van der Waals surface area contributed by atoms with E-state index in [4.69, 9.17) is 9.31 Å². The molecule has 4 nitrogen and oxygen atoms in total. The van der Waals surface area contributed by atoms with Gasteiger partial charge in [0.1, 0.15) is 0 Å². The third-order valence-electron chi connectivity index (χ3n) is 5.39. The van der Waals surface area contributed by atoms with Crippen molar-refractivity contribution in [2.75, 3.05) is 0 Å². The van der Waals surface area contributed by atoms with Gasteiger partial charge in [0.15, 0.2) is 0 Å². The van der Waals surface area contributed by atoms with E-state index in [2.05, 4.69) is 6.08 Å². The van der Waals surface area contributed by atoms with Gasteiger partial charge in [-0.1, -0.05) is 12.2 Å². The smallest absolute Gasteiger partial charge is 0.462 e. The van der Waals surface area contributed by atoms with Gasteiger partial charge in [0.05, 0.1) is 17.1 Å².